The molecule has 1 aromatic heterocycles. The molecule has 0 amide bonds. The fourth-order valence-electron chi connectivity index (χ4n) is 13.3. The van der Waals surface area contributed by atoms with Crippen molar-refractivity contribution >= 4 is 48.6 Å². The lowest BCUT2D eigenvalue weighted by Crippen LogP contribution is -2.33. The zero-order valence-corrected chi connectivity index (χ0v) is 39.7. The molecule has 2 aliphatic carbocycles. The van der Waals surface area contributed by atoms with E-state index < -0.39 is 10.8 Å². The normalized spacial score (nSPS) is 14.3. The number of thiophene rings is 1. The third-order valence-corrected chi connectivity index (χ3v) is 17.2. The van der Waals surface area contributed by atoms with E-state index in [9.17, 15) is 0 Å². The molecule has 2 aliphatic heterocycles. The van der Waals surface area contributed by atoms with Gasteiger partial charge in [0.2, 0.25) is 0 Å². The van der Waals surface area contributed by atoms with E-state index in [1.807, 2.05) is 11.3 Å². The molecular weight excluding hydrogens is 895 g/mol. The van der Waals surface area contributed by atoms with Crippen LogP contribution >= 0.6 is 11.3 Å². The fourth-order valence-corrected chi connectivity index (χ4v) is 14.6. The zero-order chi connectivity index (χ0) is 47.1. The van der Waals surface area contributed by atoms with Crippen LogP contribution in [-0.4, -0.2) is 0 Å². The van der Waals surface area contributed by atoms with Crippen LogP contribution in [0.1, 0.15) is 44.5 Å². The molecule has 11 aromatic carbocycles. The molecule has 3 nitrogen and oxygen atoms in total. The van der Waals surface area contributed by atoms with E-state index in [1.54, 1.807) is 0 Å². The number of ether oxygens (including phenoxy) is 2. The van der Waals surface area contributed by atoms with Crippen molar-refractivity contribution in [2.45, 2.75) is 10.8 Å². The van der Waals surface area contributed by atoms with Gasteiger partial charge in [-0.1, -0.05) is 194 Å². The monoisotopic (exact) mass is 935 g/mol. The van der Waals surface area contributed by atoms with Gasteiger partial charge in [-0.3, -0.25) is 0 Å². The summed E-state index contributed by atoms with van der Waals surface area (Å²) in [6.45, 7) is 0. The van der Waals surface area contributed by atoms with Gasteiger partial charge in [0, 0.05) is 59.2 Å². The van der Waals surface area contributed by atoms with Crippen molar-refractivity contribution in [3.05, 3.63) is 293 Å². The van der Waals surface area contributed by atoms with Gasteiger partial charge in [0.1, 0.15) is 23.0 Å². The quantitative estimate of drug-likeness (QED) is 0.176. The van der Waals surface area contributed by atoms with Crippen LogP contribution in [0.15, 0.2) is 249 Å². The van der Waals surface area contributed by atoms with Gasteiger partial charge in [0.25, 0.3) is 0 Å². The van der Waals surface area contributed by atoms with Crippen molar-refractivity contribution in [3.8, 4) is 56.4 Å². The summed E-state index contributed by atoms with van der Waals surface area (Å²) in [5.41, 5.74) is 18.7. The van der Waals surface area contributed by atoms with E-state index >= 15 is 0 Å². The molecule has 2 spiro atoms. The maximum Gasteiger partial charge on any atom is 0.132 e. The first-order chi connectivity index (χ1) is 35.7. The van der Waals surface area contributed by atoms with E-state index in [0.29, 0.717) is 0 Å². The Labute approximate surface area is 421 Å². The van der Waals surface area contributed by atoms with Crippen LogP contribution in [0.2, 0.25) is 0 Å². The second kappa shape index (κ2) is 14.8. The Kier molecular flexibility index (Phi) is 8.18. The van der Waals surface area contributed by atoms with Crippen molar-refractivity contribution in [2.24, 2.45) is 0 Å². The summed E-state index contributed by atoms with van der Waals surface area (Å²) in [5.74, 6) is 3.49. The maximum absolute atomic E-state index is 6.87. The number of nitrogens with zero attached hydrogens (tertiary/aromatic N) is 1. The summed E-state index contributed by atoms with van der Waals surface area (Å²) in [6.07, 6.45) is 0. The van der Waals surface area contributed by atoms with Crippen LogP contribution in [-0.2, 0) is 10.8 Å². The molecule has 4 heteroatoms. The topological polar surface area (TPSA) is 21.7 Å². The van der Waals surface area contributed by atoms with Crippen molar-refractivity contribution < 1.29 is 9.47 Å². The Bertz CT molecular complexity index is 4170. The average molecular weight is 936 g/mol. The van der Waals surface area contributed by atoms with Crippen molar-refractivity contribution in [1.29, 1.82) is 0 Å². The molecule has 336 valence electrons. The molecule has 3 heterocycles. The summed E-state index contributed by atoms with van der Waals surface area (Å²) >= 11 is 1.87. The highest BCUT2D eigenvalue weighted by atomic mass is 32.1. The lowest BCUT2D eigenvalue weighted by atomic mass is 9.65. The van der Waals surface area contributed by atoms with Crippen molar-refractivity contribution in [1.82, 2.24) is 0 Å². The van der Waals surface area contributed by atoms with E-state index in [4.69, 9.17) is 9.47 Å². The number of fused-ring (bicyclic) bond motifs is 21. The molecule has 0 unspecified atom stereocenters. The number of hydrogen-bond acceptors (Lipinski definition) is 4. The molecule has 4 aliphatic rings. The van der Waals surface area contributed by atoms with E-state index in [2.05, 4.69) is 254 Å². The van der Waals surface area contributed by atoms with Gasteiger partial charge in [-0.2, -0.15) is 0 Å². The minimum atomic E-state index is -0.710. The first-order valence-electron chi connectivity index (χ1n) is 24.7. The summed E-state index contributed by atoms with van der Waals surface area (Å²) in [7, 11) is 0. The van der Waals surface area contributed by atoms with Crippen LogP contribution in [0.3, 0.4) is 0 Å². The molecule has 0 fully saturated rings. The molecule has 0 N–H and O–H groups in total. The van der Waals surface area contributed by atoms with Gasteiger partial charge in [-0.25, -0.2) is 0 Å². The van der Waals surface area contributed by atoms with Crippen LogP contribution in [0.25, 0.3) is 53.6 Å². The van der Waals surface area contributed by atoms with Gasteiger partial charge >= 0.3 is 0 Å². The van der Waals surface area contributed by atoms with Crippen LogP contribution < -0.4 is 14.4 Å². The Morgan fingerprint density at radius 1 is 0.319 bits per heavy atom. The number of hydrogen-bond donors (Lipinski definition) is 0. The predicted octanol–water partition coefficient (Wildman–Crippen LogP) is 18.1. The van der Waals surface area contributed by atoms with E-state index in [-0.39, 0.29) is 0 Å². The van der Waals surface area contributed by atoms with Crippen LogP contribution in [0.4, 0.5) is 17.1 Å². The molecule has 72 heavy (non-hydrogen) atoms. The molecule has 0 atom stereocenters. The molecule has 0 radical (unpaired) electrons. The van der Waals surface area contributed by atoms with Gasteiger partial charge in [0.05, 0.1) is 22.2 Å². The highest BCUT2D eigenvalue weighted by Gasteiger charge is 2.55. The standard InChI is InChI=1S/C68H41NO2S/c1-4-24-50-45(18-1)47-22-16-32-58(65(47)68(50)54-28-8-12-35-61(54)71-62-36-13-9-29-55(62)68)69(43-40-38-42(39-41-43)44-21-15-23-48-46-19-3-14-37-63(46)72-66(44)48)57-31-17-30-56-64(57)49-20-2-5-25-51(49)67(56)52-26-6-10-33-59(52)70-60-34-11-7-27-53(60)67/h1-41H. The smallest absolute Gasteiger partial charge is 0.132 e. The van der Waals surface area contributed by atoms with Crippen LogP contribution in [0, 0.1) is 0 Å². The Hall–Kier alpha value is -8.96. The summed E-state index contributed by atoms with van der Waals surface area (Å²) in [4.78, 5) is 2.57. The molecule has 16 rings (SSSR count). The second-order valence-corrected chi connectivity index (χ2v) is 20.4. The maximum atomic E-state index is 6.87. The lowest BCUT2D eigenvalue weighted by molar-refractivity contribution is 0.436. The lowest BCUT2D eigenvalue weighted by Gasteiger charge is -2.42. The molecule has 0 saturated heterocycles. The van der Waals surface area contributed by atoms with Crippen molar-refractivity contribution in [3.63, 3.8) is 0 Å². The predicted molar refractivity (Wildman–Crippen MR) is 294 cm³/mol. The average Bonchev–Trinajstić information content (AvgIpc) is 4.08. The Balaban J connectivity index is 1.01. The molecular formula is C68H41NO2S. The molecule has 0 bridgehead atoms. The molecule has 12 aromatic rings. The summed E-state index contributed by atoms with van der Waals surface area (Å²) in [5, 5.41) is 2.60. The second-order valence-electron chi connectivity index (χ2n) is 19.3. The van der Waals surface area contributed by atoms with Crippen molar-refractivity contribution in [2.75, 3.05) is 4.90 Å². The first-order valence-corrected chi connectivity index (χ1v) is 25.6. The minimum absolute atomic E-state index is 0.638. The third-order valence-electron chi connectivity index (χ3n) is 16.0. The highest BCUT2D eigenvalue weighted by molar-refractivity contribution is 7.26. The number of benzene rings is 11. The van der Waals surface area contributed by atoms with E-state index in [0.717, 1.165) is 62.3 Å². The molecule has 0 saturated carbocycles. The largest absolute Gasteiger partial charge is 0.457 e. The number of rotatable bonds is 4. The Morgan fingerprint density at radius 3 is 1.44 bits per heavy atom. The van der Waals surface area contributed by atoms with Gasteiger partial charge < -0.3 is 14.4 Å². The number of para-hydroxylation sites is 4. The minimum Gasteiger partial charge on any atom is -0.457 e. The van der Waals surface area contributed by atoms with Gasteiger partial charge in [-0.15, -0.1) is 11.3 Å². The summed E-state index contributed by atoms with van der Waals surface area (Å²) in [6, 6.07) is 91.5. The van der Waals surface area contributed by atoms with Gasteiger partial charge in [0.15, 0.2) is 0 Å². The summed E-state index contributed by atoms with van der Waals surface area (Å²) < 4.78 is 16.3. The van der Waals surface area contributed by atoms with E-state index in [1.165, 1.54) is 75.8 Å². The first kappa shape index (κ1) is 39.8. The SMILES string of the molecule is c1ccc2c(c1)Oc1ccccc1C21c2ccccc2-c2c(N(c3ccc(-c4cccc5c4sc4ccccc45)cc3)c3cccc4c3C3(c5ccccc5Oc5ccccc53)c3ccccc3-4)cccc21. The van der Waals surface area contributed by atoms with Crippen LogP contribution in [0.5, 0.6) is 23.0 Å². The Morgan fingerprint density at radius 2 is 0.778 bits per heavy atom. The zero-order valence-electron chi connectivity index (χ0n) is 38.8. The fraction of sp³-hybridized carbons (Fsp3) is 0.0294. The highest BCUT2D eigenvalue weighted by Crippen LogP contribution is 2.67. The third kappa shape index (κ3) is 5.08. The number of anilines is 3. The van der Waals surface area contributed by atoms with Gasteiger partial charge in [-0.05, 0) is 99.1 Å².